The molecule has 0 aromatic heterocycles. The predicted octanol–water partition coefficient (Wildman–Crippen LogP) is 4.64. The first kappa shape index (κ1) is 18.7. The Morgan fingerprint density at radius 2 is 1.37 bits per heavy atom. The van der Waals surface area contributed by atoms with Gasteiger partial charge in [0.2, 0.25) is 0 Å². The average molecular weight is 423 g/mol. The molecule has 0 bridgehead atoms. The first-order valence-corrected chi connectivity index (χ1v) is 8.74. The maximum atomic E-state index is 13.0. The van der Waals surface area contributed by atoms with Gasteiger partial charge in [-0.1, -0.05) is 58.4 Å². The Hall–Kier alpha value is -3.09. The molecule has 6 heteroatoms. The van der Waals surface area contributed by atoms with Crippen molar-refractivity contribution >= 4 is 39.1 Å². The van der Waals surface area contributed by atoms with E-state index in [4.69, 9.17) is 0 Å². The van der Waals surface area contributed by atoms with Crippen LogP contribution in [0.3, 0.4) is 0 Å². The number of ketones is 2. The van der Waals surface area contributed by atoms with E-state index >= 15 is 0 Å². The monoisotopic (exact) mass is 422 g/mol. The van der Waals surface area contributed by atoms with Gasteiger partial charge in [-0.25, -0.2) is 0 Å². The van der Waals surface area contributed by atoms with E-state index in [2.05, 4.69) is 21.2 Å². The molecule has 0 saturated heterocycles. The Balaban J connectivity index is 0.00000210. The Morgan fingerprint density at radius 3 is 2.04 bits per heavy atom. The van der Waals surface area contributed by atoms with Crippen molar-refractivity contribution in [1.82, 2.24) is 6.15 Å². The minimum Gasteiger partial charge on any atom is -0.344 e. The van der Waals surface area contributed by atoms with Crippen molar-refractivity contribution in [3.05, 3.63) is 99.0 Å². The first-order chi connectivity index (χ1) is 12.6. The van der Waals surface area contributed by atoms with Crippen molar-refractivity contribution in [3.63, 3.8) is 0 Å². The number of hydrogen-bond donors (Lipinski definition) is 2. The Kier molecular flexibility index (Phi) is 5.03. The zero-order valence-corrected chi connectivity index (χ0v) is 15.7. The molecule has 0 saturated carbocycles. The summed E-state index contributed by atoms with van der Waals surface area (Å²) in [5.41, 5.74) is 2.02. The summed E-state index contributed by atoms with van der Waals surface area (Å²) in [5, 5.41) is 2.77. The molecule has 4 N–H and O–H groups in total. The first-order valence-electron chi connectivity index (χ1n) is 7.94. The molecule has 0 radical (unpaired) electrons. The van der Waals surface area contributed by atoms with Crippen LogP contribution in [0.5, 0.6) is 0 Å². The van der Waals surface area contributed by atoms with E-state index in [-0.39, 0.29) is 34.8 Å². The summed E-state index contributed by atoms with van der Waals surface area (Å²) in [6.07, 6.45) is 0. The quantitative estimate of drug-likeness (QED) is 0.491. The van der Waals surface area contributed by atoms with Gasteiger partial charge in [0, 0.05) is 26.7 Å². The molecule has 1 aliphatic carbocycles. The molecule has 5 nitrogen and oxygen atoms in total. The van der Waals surface area contributed by atoms with Gasteiger partial charge in [-0.2, -0.15) is 0 Å². The fourth-order valence-corrected chi connectivity index (χ4v) is 3.53. The van der Waals surface area contributed by atoms with Gasteiger partial charge in [0.25, 0.3) is 5.91 Å². The average Bonchev–Trinajstić information content (AvgIpc) is 2.66. The van der Waals surface area contributed by atoms with Crippen LogP contribution in [-0.2, 0) is 0 Å². The molecule has 0 unspecified atom stereocenters. The molecule has 0 heterocycles. The van der Waals surface area contributed by atoms with E-state index in [0.717, 1.165) is 0 Å². The van der Waals surface area contributed by atoms with Crippen LogP contribution >= 0.6 is 15.9 Å². The van der Waals surface area contributed by atoms with E-state index in [1.54, 1.807) is 60.7 Å². The van der Waals surface area contributed by atoms with E-state index < -0.39 is 0 Å². The molecular weight excluding hydrogens is 408 g/mol. The van der Waals surface area contributed by atoms with Crippen LogP contribution in [0.15, 0.2) is 71.2 Å². The molecule has 0 atom stereocenters. The smallest absolute Gasteiger partial charge is 0.255 e. The Labute approximate surface area is 164 Å². The summed E-state index contributed by atoms with van der Waals surface area (Å²) in [6.45, 7) is 0. The highest BCUT2D eigenvalue weighted by molar-refractivity contribution is 9.10. The van der Waals surface area contributed by atoms with Crippen LogP contribution in [-0.4, -0.2) is 17.5 Å². The molecule has 1 aliphatic rings. The van der Waals surface area contributed by atoms with Gasteiger partial charge >= 0.3 is 0 Å². The van der Waals surface area contributed by atoms with Crippen molar-refractivity contribution in [2.45, 2.75) is 0 Å². The fourth-order valence-electron chi connectivity index (χ4n) is 3.07. The highest BCUT2D eigenvalue weighted by Gasteiger charge is 2.32. The van der Waals surface area contributed by atoms with Crippen LogP contribution in [0.4, 0.5) is 5.69 Å². The third kappa shape index (κ3) is 3.20. The molecule has 4 rings (SSSR count). The van der Waals surface area contributed by atoms with E-state index in [1.165, 1.54) is 0 Å². The summed E-state index contributed by atoms with van der Waals surface area (Å²) in [6, 6.07) is 18.7. The summed E-state index contributed by atoms with van der Waals surface area (Å²) < 4.78 is 0.611. The fraction of sp³-hybridized carbons (Fsp3) is 0. The standard InChI is InChI=1S/C21H12BrNO3.H3N/c22-13-10-16-18(20(25)15-9-5-4-8-14(15)19(16)24)17(11-13)23-21(26)12-6-2-1-3-7-12;/h1-11H,(H,23,26);1H3. The lowest BCUT2D eigenvalue weighted by atomic mass is 9.83. The number of hydrogen-bond acceptors (Lipinski definition) is 4. The second-order valence-corrected chi connectivity index (χ2v) is 6.82. The zero-order valence-electron chi connectivity index (χ0n) is 14.2. The van der Waals surface area contributed by atoms with Gasteiger partial charge in [-0.3, -0.25) is 14.4 Å². The van der Waals surface area contributed by atoms with Crippen molar-refractivity contribution in [2.75, 3.05) is 5.32 Å². The van der Waals surface area contributed by atoms with Crippen LogP contribution < -0.4 is 11.5 Å². The molecule has 3 aromatic rings. The van der Waals surface area contributed by atoms with Gasteiger partial charge in [0.15, 0.2) is 11.6 Å². The lowest BCUT2D eigenvalue weighted by Gasteiger charge is -2.21. The van der Waals surface area contributed by atoms with Crippen molar-refractivity contribution in [1.29, 1.82) is 0 Å². The third-order valence-electron chi connectivity index (χ3n) is 4.28. The van der Waals surface area contributed by atoms with Gasteiger partial charge < -0.3 is 11.5 Å². The number of rotatable bonds is 2. The zero-order chi connectivity index (χ0) is 18.3. The molecule has 0 spiro atoms. The number of carbonyl (C=O) groups excluding carboxylic acids is 3. The van der Waals surface area contributed by atoms with Crippen molar-refractivity contribution < 1.29 is 14.4 Å². The molecule has 0 fully saturated rings. The number of halogens is 1. The van der Waals surface area contributed by atoms with Gasteiger partial charge in [-0.15, -0.1) is 0 Å². The predicted molar refractivity (Wildman–Crippen MR) is 107 cm³/mol. The summed E-state index contributed by atoms with van der Waals surface area (Å²) >= 11 is 3.36. The topological polar surface area (TPSA) is 98.2 Å². The maximum absolute atomic E-state index is 13.0. The lowest BCUT2D eigenvalue weighted by molar-refractivity contribution is 0.0978. The number of nitrogens with one attached hydrogen (secondary N) is 1. The number of anilines is 1. The van der Waals surface area contributed by atoms with Crippen molar-refractivity contribution in [3.8, 4) is 0 Å². The minimum absolute atomic E-state index is 0. The lowest BCUT2D eigenvalue weighted by Crippen LogP contribution is -2.24. The van der Waals surface area contributed by atoms with E-state index in [0.29, 0.717) is 26.9 Å². The number of fused-ring (bicyclic) bond motifs is 2. The third-order valence-corrected chi connectivity index (χ3v) is 4.73. The van der Waals surface area contributed by atoms with Gasteiger partial charge in [-0.05, 0) is 24.3 Å². The summed E-state index contributed by atoms with van der Waals surface area (Å²) in [7, 11) is 0. The van der Waals surface area contributed by atoms with Gasteiger partial charge in [0.1, 0.15) is 0 Å². The van der Waals surface area contributed by atoms with Crippen LogP contribution in [0.1, 0.15) is 42.2 Å². The SMILES string of the molecule is N.O=C(Nc1cc(Br)cc2c1C(=O)c1ccccc1C2=O)c1ccccc1. The number of benzene rings is 3. The van der Waals surface area contributed by atoms with Gasteiger partial charge in [0.05, 0.1) is 11.3 Å². The highest BCUT2D eigenvalue weighted by Crippen LogP contribution is 2.34. The Bertz CT molecular complexity index is 1080. The van der Waals surface area contributed by atoms with E-state index in [9.17, 15) is 14.4 Å². The summed E-state index contributed by atoms with van der Waals surface area (Å²) in [4.78, 5) is 38.3. The highest BCUT2D eigenvalue weighted by atomic mass is 79.9. The number of carbonyl (C=O) groups is 3. The molecule has 1 amide bonds. The Morgan fingerprint density at radius 1 is 0.778 bits per heavy atom. The minimum atomic E-state index is -0.343. The second kappa shape index (κ2) is 7.26. The largest absolute Gasteiger partial charge is 0.344 e. The maximum Gasteiger partial charge on any atom is 0.255 e. The van der Waals surface area contributed by atoms with Crippen LogP contribution in [0, 0.1) is 0 Å². The second-order valence-electron chi connectivity index (χ2n) is 5.90. The van der Waals surface area contributed by atoms with Crippen LogP contribution in [0.25, 0.3) is 0 Å². The normalized spacial score (nSPS) is 11.9. The van der Waals surface area contributed by atoms with Crippen LogP contribution in [0.2, 0.25) is 0 Å². The molecule has 3 aromatic carbocycles. The van der Waals surface area contributed by atoms with E-state index in [1.807, 2.05) is 6.07 Å². The molecule has 27 heavy (non-hydrogen) atoms. The molecular formula is C21H15BrN2O3. The number of amides is 1. The molecule has 134 valence electrons. The summed E-state index contributed by atoms with van der Waals surface area (Å²) in [5.74, 6) is -0.845. The van der Waals surface area contributed by atoms with Crippen molar-refractivity contribution in [2.24, 2.45) is 0 Å². The molecule has 0 aliphatic heterocycles.